The first-order valence-electron chi connectivity index (χ1n) is 6.02. The third-order valence-electron chi connectivity index (χ3n) is 3.27. The highest BCUT2D eigenvalue weighted by Crippen LogP contribution is 2.29. The lowest BCUT2D eigenvalue weighted by atomic mass is 9.77. The Bertz CT molecular complexity index is 569. The van der Waals surface area contributed by atoms with E-state index in [2.05, 4.69) is 11.1 Å². The highest BCUT2D eigenvalue weighted by Gasteiger charge is 2.28. The van der Waals surface area contributed by atoms with Gasteiger partial charge in [0.25, 0.3) is 0 Å². The lowest BCUT2D eigenvalue weighted by Crippen LogP contribution is -2.24. The van der Waals surface area contributed by atoms with Gasteiger partial charge in [-0.1, -0.05) is 30.3 Å². The van der Waals surface area contributed by atoms with E-state index in [9.17, 15) is 5.26 Å². The van der Waals surface area contributed by atoms with Crippen molar-refractivity contribution in [3.05, 3.63) is 65.5 Å². The third kappa shape index (κ3) is 2.41. The van der Waals surface area contributed by atoms with Gasteiger partial charge in [0.15, 0.2) is 0 Å². The molecule has 0 amide bonds. The van der Waals surface area contributed by atoms with Crippen molar-refractivity contribution in [2.45, 2.75) is 25.7 Å². The topological polar surface area (TPSA) is 36.7 Å². The van der Waals surface area contributed by atoms with Gasteiger partial charge < -0.3 is 0 Å². The van der Waals surface area contributed by atoms with Gasteiger partial charge in [-0.3, -0.25) is 4.98 Å². The van der Waals surface area contributed by atoms with Crippen LogP contribution in [0.1, 0.15) is 23.6 Å². The van der Waals surface area contributed by atoms with Gasteiger partial charge in [0.05, 0.1) is 11.5 Å². The second-order valence-corrected chi connectivity index (χ2v) is 4.80. The maximum atomic E-state index is 9.55. The minimum absolute atomic E-state index is 0.506. The average Bonchev–Trinajstić information content (AvgIpc) is 2.40. The molecule has 0 spiro atoms. The Hall–Kier alpha value is -2.14. The third-order valence-corrected chi connectivity index (χ3v) is 3.27. The van der Waals surface area contributed by atoms with Crippen molar-refractivity contribution in [2.24, 2.45) is 0 Å². The van der Waals surface area contributed by atoms with Crippen LogP contribution in [0.5, 0.6) is 0 Å². The van der Waals surface area contributed by atoms with Gasteiger partial charge in [-0.15, -0.1) is 0 Å². The van der Waals surface area contributed by atoms with Gasteiger partial charge in [0.2, 0.25) is 0 Å². The molecule has 2 heteroatoms. The van der Waals surface area contributed by atoms with Crippen LogP contribution in [0.3, 0.4) is 0 Å². The molecule has 0 saturated heterocycles. The number of pyridine rings is 1. The van der Waals surface area contributed by atoms with E-state index in [1.807, 2.05) is 56.4 Å². The summed E-state index contributed by atoms with van der Waals surface area (Å²) in [7, 11) is 0. The quantitative estimate of drug-likeness (QED) is 0.818. The summed E-state index contributed by atoms with van der Waals surface area (Å²) in [5.41, 5.74) is 2.83. The second kappa shape index (κ2) is 5.01. The molecule has 2 aromatic rings. The van der Waals surface area contributed by atoms with Crippen LogP contribution in [0.25, 0.3) is 0 Å². The molecule has 0 aliphatic rings. The first-order valence-corrected chi connectivity index (χ1v) is 6.02. The van der Waals surface area contributed by atoms with E-state index in [4.69, 9.17) is 0 Å². The smallest absolute Gasteiger partial charge is 0.0837 e. The van der Waals surface area contributed by atoms with Crippen molar-refractivity contribution < 1.29 is 0 Å². The molecule has 18 heavy (non-hydrogen) atoms. The van der Waals surface area contributed by atoms with Gasteiger partial charge in [0, 0.05) is 12.4 Å². The minimum Gasteiger partial charge on any atom is -0.264 e. The van der Waals surface area contributed by atoms with Crippen LogP contribution in [0, 0.1) is 18.3 Å². The molecule has 90 valence electrons. The molecular weight excluding hydrogens is 220 g/mol. The highest BCUT2D eigenvalue weighted by molar-refractivity contribution is 5.39. The summed E-state index contributed by atoms with van der Waals surface area (Å²) >= 11 is 0. The van der Waals surface area contributed by atoms with Gasteiger partial charge in [-0.25, -0.2) is 0 Å². The Morgan fingerprint density at radius 2 is 2.00 bits per heavy atom. The molecule has 0 bridgehead atoms. The second-order valence-electron chi connectivity index (χ2n) is 4.80. The first kappa shape index (κ1) is 12.3. The van der Waals surface area contributed by atoms with Crippen molar-refractivity contribution in [2.75, 3.05) is 0 Å². The fourth-order valence-electron chi connectivity index (χ4n) is 2.30. The Balaban J connectivity index is 2.38. The predicted octanol–water partition coefficient (Wildman–Crippen LogP) is 3.41. The van der Waals surface area contributed by atoms with Crippen molar-refractivity contribution in [3.63, 3.8) is 0 Å². The number of aromatic nitrogens is 1. The lowest BCUT2D eigenvalue weighted by molar-refractivity contribution is 0.601. The Kier molecular flexibility index (Phi) is 3.43. The normalized spacial score (nSPS) is 13.6. The zero-order valence-corrected chi connectivity index (χ0v) is 10.7. The molecule has 1 aromatic heterocycles. The van der Waals surface area contributed by atoms with Crippen molar-refractivity contribution in [1.82, 2.24) is 4.98 Å². The average molecular weight is 236 g/mol. The summed E-state index contributed by atoms with van der Waals surface area (Å²) in [4.78, 5) is 4.11. The van der Waals surface area contributed by atoms with E-state index >= 15 is 0 Å². The van der Waals surface area contributed by atoms with Gasteiger partial charge in [-0.2, -0.15) is 5.26 Å². The van der Waals surface area contributed by atoms with E-state index < -0.39 is 5.41 Å². The SMILES string of the molecule is Cc1ccccc1C(C)(C#N)Cc1cccnc1. The molecule has 1 aromatic carbocycles. The molecule has 1 unspecified atom stereocenters. The molecule has 1 atom stereocenters. The predicted molar refractivity (Wildman–Crippen MR) is 72.1 cm³/mol. The van der Waals surface area contributed by atoms with Gasteiger partial charge >= 0.3 is 0 Å². The van der Waals surface area contributed by atoms with E-state index in [-0.39, 0.29) is 0 Å². The molecular formula is C16H16N2. The van der Waals surface area contributed by atoms with E-state index in [1.165, 1.54) is 0 Å². The van der Waals surface area contributed by atoms with Crippen molar-refractivity contribution in [3.8, 4) is 6.07 Å². The van der Waals surface area contributed by atoms with E-state index in [0.717, 1.165) is 16.7 Å². The number of nitriles is 1. The van der Waals surface area contributed by atoms with Crippen LogP contribution in [0.2, 0.25) is 0 Å². The Labute approximate surface area is 108 Å². The maximum absolute atomic E-state index is 9.55. The fourth-order valence-corrected chi connectivity index (χ4v) is 2.30. The zero-order valence-electron chi connectivity index (χ0n) is 10.7. The van der Waals surface area contributed by atoms with Crippen LogP contribution in [-0.4, -0.2) is 4.98 Å². The molecule has 2 nitrogen and oxygen atoms in total. The van der Waals surface area contributed by atoms with Crippen molar-refractivity contribution >= 4 is 0 Å². The molecule has 1 heterocycles. The van der Waals surface area contributed by atoms with E-state index in [0.29, 0.717) is 6.42 Å². The Morgan fingerprint density at radius 1 is 1.22 bits per heavy atom. The first-order chi connectivity index (χ1) is 8.65. The van der Waals surface area contributed by atoms with Crippen LogP contribution < -0.4 is 0 Å². The maximum Gasteiger partial charge on any atom is 0.0837 e. The summed E-state index contributed by atoms with van der Waals surface area (Å²) in [6.07, 6.45) is 4.26. The largest absolute Gasteiger partial charge is 0.264 e. The molecule has 0 N–H and O–H groups in total. The number of hydrogen-bond acceptors (Lipinski definition) is 2. The molecule has 2 rings (SSSR count). The number of hydrogen-bond donors (Lipinski definition) is 0. The number of nitrogens with zero attached hydrogens (tertiary/aromatic N) is 2. The molecule has 0 aliphatic heterocycles. The van der Waals surface area contributed by atoms with Crippen molar-refractivity contribution in [1.29, 1.82) is 5.26 Å². The molecule has 0 radical (unpaired) electrons. The van der Waals surface area contributed by atoms with Gasteiger partial charge in [0.1, 0.15) is 0 Å². The Morgan fingerprint density at radius 3 is 2.61 bits per heavy atom. The summed E-state index contributed by atoms with van der Waals surface area (Å²) in [6.45, 7) is 4.04. The van der Waals surface area contributed by atoms with Crippen LogP contribution in [0.4, 0.5) is 0 Å². The monoisotopic (exact) mass is 236 g/mol. The fraction of sp³-hybridized carbons (Fsp3) is 0.250. The minimum atomic E-state index is -0.506. The lowest BCUT2D eigenvalue weighted by Gasteiger charge is -2.24. The summed E-state index contributed by atoms with van der Waals surface area (Å²) in [5, 5.41) is 9.55. The number of rotatable bonds is 3. The summed E-state index contributed by atoms with van der Waals surface area (Å²) in [5.74, 6) is 0. The van der Waals surface area contributed by atoms with Crippen LogP contribution >= 0.6 is 0 Å². The standard InChI is InChI=1S/C16H16N2/c1-13-6-3-4-8-15(13)16(2,12-17)10-14-7-5-9-18-11-14/h3-9,11H,10H2,1-2H3. The van der Waals surface area contributed by atoms with Crippen LogP contribution in [-0.2, 0) is 11.8 Å². The van der Waals surface area contributed by atoms with Crippen LogP contribution in [0.15, 0.2) is 48.8 Å². The molecule has 0 fully saturated rings. The summed E-state index contributed by atoms with van der Waals surface area (Å²) in [6, 6.07) is 14.5. The van der Waals surface area contributed by atoms with Gasteiger partial charge in [-0.05, 0) is 43.0 Å². The zero-order chi connectivity index (χ0) is 13.0. The van der Waals surface area contributed by atoms with E-state index in [1.54, 1.807) is 6.20 Å². The number of aryl methyl sites for hydroxylation is 1. The summed E-state index contributed by atoms with van der Waals surface area (Å²) < 4.78 is 0. The number of benzene rings is 1. The molecule has 0 aliphatic carbocycles. The molecule has 0 saturated carbocycles. The highest BCUT2D eigenvalue weighted by atomic mass is 14.6.